The van der Waals surface area contributed by atoms with Crippen molar-refractivity contribution in [3.63, 3.8) is 0 Å². The molecule has 0 unspecified atom stereocenters. The third-order valence-electron chi connectivity index (χ3n) is 4.17. The second kappa shape index (κ2) is 6.42. The highest BCUT2D eigenvalue weighted by Gasteiger charge is 2.22. The van der Waals surface area contributed by atoms with Gasteiger partial charge >= 0.3 is 0 Å². The number of fused-ring (bicyclic) bond motifs is 1. The minimum atomic E-state index is -0.431. The second-order valence-corrected chi connectivity index (χ2v) is 6.24. The van der Waals surface area contributed by atoms with E-state index in [1.165, 1.54) is 12.3 Å². The normalized spacial score (nSPS) is 14.5. The fourth-order valence-corrected chi connectivity index (χ4v) is 3.13. The SMILES string of the molecule is O=c1[nH]c(-c2ccco2)nc2c1CN(Cc1cc(F)cnc1Cl)CC2. The van der Waals surface area contributed by atoms with E-state index in [1.54, 1.807) is 12.1 Å². The monoisotopic (exact) mass is 360 g/mol. The van der Waals surface area contributed by atoms with Crippen LogP contribution in [0.1, 0.15) is 16.8 Å². The molecule has 4 heterocycles. The first-order valence-corrected chi connectivity index (χ1v) is 8.16. The maximum absolute atomic E-state index is 13.4. The largest absolute Gasteiger partial charge is 0.461 e. The number of hydrogen-bond acceptors (Lipinski definition) is 5. The topological polar surface area (TPSA) is 75.0 Å². The smallest absolute Gasteiger partial charge is 0.256 e. The first-order chi connectivity index (χ1) is 12.1. The Morgan fingerprint density at radius 3 is 3.12 bits per heavy atom. The predicted molar refractivity (Wildman–Crippen MR) is 89.6 cm³/mol. The molecule has 0 bridgehead atoms. The van der Waals surface area contributed by atoms with E-state index in [4.69, 9.17) is 16.0 Å². The van der Waals surface area contributed by atoms with Crippen molar-refractivity contribution in [2.75, 3.05) is 6.54 Å². The van der Waals surface area contributed by atoms with Gasteiger partial charge in [0.15, 0.2) is 11.6 Å². The van der Waals surface area contributed by atoms with Crippen molar-refractivity contribution < 1.29 is 8.81 Å². The van der Waals surface area contributed by atoms with Crippen LogP contribution >= 0.6 is 11.6 Å². The van der Waals surface area contributed by atoms with Crippen LogP contribution in [-0.4, -0.2) is 26.4 Å². The summed E-state index contributed by atoms with van der Waals surface area (Å²) in [6, 6.07) is 4.86. The lowest BCUT2D eigenvalue weighted by Crippen LogP contribution is -2.35. The number of aromatic nitrogens is 3. The average Bonchev–Trinajstić information content (AvgIpc) is 3.13. The lowest BCUT2D eigenvalue weighted by Gasteiger charge is -2.27. The third-order valence-corrected chi connectivity index (χ3v) is 4.51. The quantitative estimate of drug-likeness (QED) is 0.727. The molecule has 0 aromatic carbocycles. The molecule has 0 radical (unpaired) electrons. The van der Waals surface area contributed by atoms with Crippen molar-refractivity contribution in [1.29, 1.82) is 0 Å². The second-order valence-electron chi connectivity index (χ2n) is 5.88. The Hall–Kier alpha value is -2.51. The molecule has 0 saturated carbocycles. The molecule has 0 aliphatic carbocycles. The minimum absolute atomic E-state index is 0.190. The maximum Gasteiger partial charge on any atom is 0.256 e. The van der Waals surface area contributed by atoms with Crippen LogP contribution in [-0.2, 0) is 19.5 Å². The van der Waals surface area contributed by atoms with Crippen LogP contribution < -0.4 is 5.56 Å². The Labute approximate surface area is 147 Å². The molecule has 3 aromatic heterocycles. The Balaban J connectivity index is 1.59. The zero-order chi connectivity index (χ0) is 17.4. The minimum Gasteiger partial charge on any atom is -0.461 e. The number of halogens is 2. The van der Waals surface area contributed by atoms with Crippen LogP contribution in [0.2, 0.25) is 5.15 Å². The van der Waals surface area contributed by atoms with E-state index in [0.717, 1.165) is 11.9 Å². The Kier molecular flexibility index (Phi) is 4.10. The van der Waals surface area contributed by atoms with Gasteiger partial charge in [0.1, 0.15) is 11.0 Å². The highest BCUT2D eigenvalue weighted by atomic mass is 35.5. The molecule has 3 aromatic rings. The van der Waals surface area contributed by atoms with E-state index < -0.39 is 5.82 Å². The van der Waals surface area contributed by atoms with Gasteiger partial charge in [0.05, 0.1) is 23.7 Å². The van der Waals surface area contributed by atoms with E-state index in [0.29, 0.717) is 48.8 Å². The number of nitrogens with one attached hydrogen (secondary N) is 1. The van der Waals surface area contributed by atoms with Gasteiger partial charge in [-0.1, -0.05) is 11.6 Å². The van der Waals surface area contributed by atoms with Gasteiger partial charge in [-0.05, 0) is 18.2 Å². The lowest BCUT2D eigenvalue weighted by atomic mass is 10.1. The van der Waals surface area contributed by atoms with Crippen molar-refractivity contribution in [3.8, 4) is 11.6 Å². The first kappa shape index (κ1) is 16.0. The summed E-state index contributed by atoms with van der Waals surface area (Å²) in [6.45, 7) is 1.53. The van der Waals surface area contributed by atoms with Crippen molar-refractivity contribution in [2.45, 2.75) is 19.5 Å². The molecule has 6 nitrogen and oxygen atoms in total. The summed E-state index contributed by atoms with van der Waals surface area (Å²) >= 11 is 6.03. The fraction of sp³-hybridized carbons (Fsp3) is 0.235. The van der Waals surface area contributed by atoms with Gasteiger partial charge in [-0.15, -0.1) is 0 Å². The highest BCUT2D eigenvalue weighted by molar-refractivity contribution is 6.30. The molecule has 4 rings (SSSR count). The first-order valence-electron chi connectivity index (χ1n) is 7.78. The summed E-state index contributed by atoms with van der Waals surface area (Å²) in [5.41, 5.74) is 1.78. The summed E-state index contributed by atoms with van der Waals surface area (Å²) in [6.07, 6.45) is 3.24. The van der Waals surface area contributed by atoms with Crippen LogP contribution in [0.15, 0.2) is 39.9 Å². The van der Waals surface area contributed by atoms with E-state index >= 15 is 0 Å². The van der Waals surface area contributed by atoms with Crippen molar-refractivity contribution in [1.82, 2.24) is 19.9 Å². The molecule has 1 aliphatic rings. The molecule has 1 N–H and O–H groups in total. The highest BCUT2D eigenvalue weighted by Crippen LogP contribution is 2.22. The van der Waals surface area contributed by atoms with Gasteiger partial charge in [0, 0.05) is 31.6 Å². The van der Waals surface area contributed by atoms with Gasteiger partial charge in [-0.3, -0.25) is 9.69 Å². The predicted octanol–water partition coefficient (Wildman–Crippen LogP) is 2.78. The molecule has 0 amide bonds. The van der Waals surface area contributed by atoms with Crippen LogP contribution in [0.25, 0.3) is 11.6 Å². The Morgan fingerprint density at radius 2 is 2.32 bits per heavy atom. The van der Waals surface area contributed by atoms with Gasteiger partial charge in [0.25, 0.3) is 5.56 Å². The molecule has 0 saturated heterocycles. The summed E-state index contributed by atoms with van der Waals surface area (Å²) in [5.74, 6) is 0.527. The van der Waals surface area contributed by atoms with Gasteiger partial charge in [-0.25, -0.2) is 14.4 Å². The number of aromatic amines is 1. The van der Waals surface area contributed by atoms with E-state index in [1.807, 2.05) is 4.90 Å². The fourth-order valence-electron chi connectivity index (χ4n) is 2.96. The summed E-state index contributed by atoms with van der Waals surface area (Å²) in [4.78, 5) is 25.6. The third kappa shape index (κ3) is 3.20. The van der Waals surface area contributed by atoms with Crippen LogP contribution in [0.4, 0.5) is 4.39 Å². The molecular weight excluding hydrogens is 347 g/mol. The van der Waals surface area contributed by atoms with Gasteiger partial charge < -0.3 is 9.40 Å². The average molecular weight is 361 g/mol. The van der Waals surface area contributed by atoms with E-state index in [2.05, 4.69) is 15.0 Å². The number of hydrogen-bond donors (Lipinski definition) is 1. The molecule has 1 aliphatic heterocycles. The summed E-state index contributed by atoms with van der Waals surface area (Å²) in [5, 5.41) is 0.271. The van der Waals surface area contributed by atoms with Crippen LogP contribution in [0.3, 0.4) is 0 Å². The number of pyridine rings is 1. The standard InChI is InChI=1S/C17H14ClFN4O2/c18-15-10(6-11(19)7-20-15)8-23-4-3-13-12(9-23)17(24)22-16(21-13)14-2-1-5-25-14/h1-2,5-7H,3-4,8-9H2,(H,21,22,24). The number of H-pyrrole nitrogens is 1. The van der Waals surface area contributed by atoms with Gasteiger partial charge in [-0.2, -0.15) is 0 Å². The molecular formula is C17H14ClFN4O2. The van der Waals surface area contributed by atoms with Gasteiger partial charge in [0.2, 0.25) is 0 Å². The van der Waals surface area contributed by atoms with E-state index in [9.17, 15) is 9.18 Å². The van der Waals surface area contributed by atoms with Crippen molar-refractivity contribution in [2.24, 2.45) is 0 Å². The van der Waals surface area contributed by atoms with Crippen molar-refractivity contribution >= 4 is 11.6 Å². The van der Waals surface area contributed by atoms with E-state index in [-0.39, 0.29) is 10.7 Å². The van der Waals surface area contributed by atoms with Crippen molar-refractivity contribution in [3.05, 3.63) is 68.8 Å². The zero-order valence-electron chi connectivity index (χ0n) is 13.1. The summed E-state index contributed by atoms with van der Waals surface area (Å²) < 4.78 is 18.7. The number of rotatable bonds is 3. The molecule has 128 valence electrons. The Bertz CT molecular complexity index is 971. The Morgan fingerprint density at radius 1 is 1.44 bits per heavy atom. The lowest BCUT2D eigenvalue weighted by molar-refractivity contribution is 0.241. The molecule has 8 heteroatoms. The molecule has 0 spiro atoms. The molecule has 0 fully saturated rings. The number of furan rings is 1. The molecule has 25 heavy (non-hydrogen) atoms. The van der Waals surface area contributed by atoms with Crippen LogP contribution in [0, 0.1) is 5.82 Å². The summed E-state index contributed by atoms with van der Waals surface area (Å²) in [7, 11) is 0. The number of nitrogens with zero attached hydrogens (tertiary/aromatic N) is 3. The molecule has 0 atom stereocenters. The maximum atomic E-state index is 13.4. The zero-order valence-corrected chi connectivity index (χ0v) is 13.9. The van der Waals surface area contributed by atoms with Crippen LogP contribution in [0.5, 0.6) is 0 Å².